The molecule has 0 radical (unpaired) electrons. The minimum absolute atomic E-state index is 0.0256. The lowest BCUT2D eigenvalue weighted by Crippen LogP contribution is -2.40. The third-order valence-electron chi connectivity index (χ3n) is 2.77. The first kappa shape index (κ1) is 13.7. The first-order valence-corrected chi connectivity index (χ1v) is 5.64. The van der Waals surface area contributed by atoms with E-state index in [1.54, 1.807) is 4.90 Å². The molecule has 1 unspecified atom stereocenters. The number of nitrogens with zero attached hydrogens (tertiary/aromatic N) is 1. The molecule has 0 spiro atoms. The van der Waals surface area contributed by atoms with Crippen molar-refractivity contribution in [1.82, 2.24) is 10.2 Å². The van der Waals surface area contributed by atoms with E-state index in [4.69, 9.17) is 5.11 Å². The molecule has 0 aromatic carbocycles. The van der Waals surface area contributed by atoms with Gasteiger partial charge in [-0.1, -0.05) is 0 Å². The van der Waals surface area contributed by atoms with E-state index >= 15 is 0 Å². The van der Waals surface area contributed by atoms with E-state index in [0.717, 1.165) is 19.4 Å². The summed E-state index contributed by atoms with van der Waals surface area (Å²) in [7, 11) is 0. The largest absolute Gasteiger partial charge is 0.395 e. The number of aliphatic hydroxyl groups is 1. The third kappa shape index (κ3) is 5.67. The SMILES string of the molecule is OCCN(CCC(F)(F)F)CC1CCCN1. The van der Waals surface area contributed by atoms with Gasteiger partial charge < -0.3 is 10.4 Å². The number of rotatable bonds is 6. The van der Waals surface area contributed by atoms with Gasteiger partial charge in [0.1, 0.15) is 0 Å². The first-order chi connectivity index (χ1) is 7.51. The molecule has 16 heavy (non-hydrogen) atoms. The Labute approximate surface area is 93.6 Å². The molecule has 0 aliphatic carbocycles. The van der Waals surface area contributed by atoms with E-state index in [0.29, 0.717) is 13.1 Å². The van der Waals surface area contributed by atoms with Crippen LogP contribution < -0.4 is 5.32 Å². The van der Waals surface area contributed by atoms with Gasteiger partial charge in [-0.15, -0.1) is 0 Å². The Hall–Kier alpha value is -0.330. The summed E-state index contributed by atoms with van der Waals surface area (Å²) in [5, 5.41) is 12.0. The van der Waals surface area contributed by atoms with Crippen molar-refractivity contribution in [2.24, 2.45) is 0 Å². The molecule has 0 saturated carbocycles. The standard InChI is InChI=1S/C10H19F3N2O/c11-10(12,13)3-5-15(6-7-16)8-9-2-1-4-14-9/h9,14,16H,1-8H2. The molecule has 2 N–H and O–H groups in total. The van der Waals surface area contributed by atoms with Gasteiger partial charge in [-0.05, 0) is 19.4 Å². The minimum atomic E-state index is -4.11. The maximum atomic E-state index is 12.1. The molecule has 6 heteroatoms. The van der Waals surface area contributed by atoms with Crippen LogP contribution in [0.1, 0.15) is 19.3 Å². The van der Waals surface area contributed by atoms with Gasteiger partial charge in [0.05, 0.1) is 13.0 Å². The van der Waals surface area contributed by atoms with Crippen molar-refractivity contribution in [2.75, 3.05) is 32.8 Å². The van der Waals surface area contributed by atoms with Crippen LogP contribution in [0, 0.1) is 0 Å². The summed E-state index contributed by atoms with van der Waals surface area (Å²) in [4.78, 5) is 1.68. The van der Waals surface area contributed by atoms with Crippen molar-refractivity contribution in [3.05, 3.63) is 0 Å². The van der Waals surface area contributed by atoms with E-state index < -0.39 is 12.6 Å². The topological polar surface area (TPSA) is 35.5 Å². The van der Waals surface area contributed by atoms with Crippen LogP contribution in [0.3, 0.4) is 0 Å². The Bertz CT molecular complexity index is 193. The number of alkyl halides is 3. The molecular formula is C10H19F3N2O. The summed E-state index contributed by atoms with van der Waals surface area (Å²) in [6, 6.07) is 0.278. The Balaban J connectivity index is 2.28. The normalized spacial score (nSPS) is 21.9. The van der Waals surface area contributed by atoms with Crippen LogP contribution in [0.25, 0.3) is 0 Å². The third-order valence-corrected chi connectivity index (χ3v) is 2.77. The van der Waals surface area contributed by atoms with Crippen LogP contribution in [-0.2, 0) is 0 Å². The van der Waals surface area contributed by atoms with E-state index in [1.165, 1.54) is 0 Å². The lowest BCUT2D eigenvalue weighted by molar-refractivity contribution is -0.138. The highest BCUT2D eigenvalue weighted by Gasteiger charge is 2.28. The quantitative estimate of drug-likeness (QED) is 0.726. The number of nitrogens with one attached hydrogen (secondary N) is 1. The van der Waals surface area contributed by atoms with Crippen molar-refractivity contribution in [1.29, 1.82) is 0 Å². The molecule has 0 amide bonds. The van der Waals surface area contributed by atoms with E-state index in [-0.39, 0.29) is 19.2 Å². The summed E-state index contributed by atoms with van der Waals surface area (Å²) in [6.45, 7) is 1.73. The fourth-order valence-electron chi connectivity index (χ4n) is 1.94. The summed E-state index contributed by atoms with van der Waals surface area (Å²) in [6.07, 6.45) is -2.83. The second-order valence-electron chi connectivity index (χ2n) is 4.18. The lowest BCUT2D eigenvalue weighted by atomic mass is 10.2. The molecule has 1 heterocycles. The second kappa shape index (κ2) is 6.42. The molecule has 0 aromatic rings. The van der Waals surface area contributed by atoms with Crippen LogP contribution >= 0.6 is 0 Å². The Morgan fingerprint density at radius 2 is 2.06 bits per heavy atom. The van der Waals surface area contributed by atoms with Crippen LogP contribution in [0.2, 0.25) is 0 Å². The second-order valence-corrected chi connectivity index (χ2v) is 4.18. The fourth-order valence-corrected chi connectivity index (χ4v) is 1.94. The fraction of sp³-hybridized carbons (Fsp3) is 1.00. The summed E-state index contributed by atoms with van der Waals surface area (Å²) >= 11 is 0. The van der Waals surface area contributed by atoms with Crippen molar-refractivity contribution in [3.63, 3.8) is 0 Å². The van der Waals surface area contributed by atoms with Crippen molar-refractivity contribution in [3.8, 4) is 0 Å². The predicted octanol–water partition coefficient (Wildman–Crippen LogP) is 0.985. The first-order valence-electron chi connectivity index (χ1n) is 5.64. The van der Waals surface area contributed by atoms with Gasteiger partial charge in [0.25, 0.3) is 0 Å². The van der Waals surface area contributed by atoms with Gasteiger partial charge in [-0.25, -0.2) is 0 Å². The number of hydrogen-bond acceptors (Lipinski definition) is 3. The van der Waals surface area contributed by atoms with E-state index in [2.05, 4.69) is 5.32 Å². The highest BCUT2D eigenvalue weighted by molar-refractivity contribution is 4.78. The molecular weight excluding hydrogens is 221 g/mol. The van der Waals surface area contributed by atoms with Crippen molar-refractivity contribution < 1.29 is 18.3 Å². The molecule has 96 valence electrons. The smallest absolute Gasteiger partial charge is 0.390 e. The summed E-state index contributed by atoms with van der Waals surface area (Å²) in [5.41, 5.74) is 0. The highest BCUT2D eigenvalue weighted by Crippen LogP contribution is 2.20. The Morgan fingerprint density at radius 3 is 2.56 bits per heavy atom. The molecule has 0 aromatic heterocycles. The lowest BCUT2D eigenvalue weighted by Gasteiger charge is -2.25. The molecule has 1 fully saturated rings. The highest BCUT2D eigenvalue weighted by atomic mass is 19.4. The zero-order chi connectivity index (χ0) is 12.0. The summed E-state index contributed by atoms with van der Waals surface area (Å²) < 4.78 is 36.2. The maximum absolute atomic E-state index is 12.1. The van der Waals surface area contributed by atoms with E-state index in [1.807, 2.05) is 0 Å². The number of hydrogen-bond donors (Lipinski definition) is 2. The number of halogens is 3. The van der Waals surface area contributed by atoms with Crippen molar-refractivity contribution in [2.45, 2.75) is 31.5 Å². The Kier molecular flexibility index (Phi) is 5.51. The van der Waals surface area contributed by atoms with Gasteiger partial charge in [0.15, 0.2) is 0 Å². The molecule has 0 bridgehead atoms. The molecule has 3 nitrogen and oxygen atoms in total. The van der Waals surface area contributed by atoms with Gasteiger partial charge in [0, 0.05) is 25.7 Å². The maximum Gasteiger partial charge on any atom is 0.390 e. The zero-order valence-electron chi connectivity index (χ0n) is 9.26. The molecule has 1 atom stereocenters. The van der Waals surface area contributed by atoms with Crippen LogP contribution in [0.5, 0.6) is 0 Å². The van der Waals surface area contributed by atoms with Crippen LogP contribution in [-0.4, -0.2) is 55.0 Å². The average molecular weight is 240 g/mol. The monoisotopic (exact) mass is 240 g/mol. The minimum Gasteiger partial charge on any atom is -0.395 e. The van der Waals surface area contributed by atoms with Crippen LogP contribution in [0.4, 0.5) is 13.2 Å². The van der Waals surface area contributed by atoms with E-state index in [9.17, 15) is 13.2 Å². The average Bonchev–Trinajstić information content (AvgIpc) is 2.66. The zero-order valence-corrected chi connectivity index (χ0v) is 9.26. The molecule has 1 aliphatic heterocycles. The van der Waals surface area contributed by atoms with Gasteiger partial charge >= 0.3 is 6.18 Å². The van der Waals surface area contributed by atoms with Crippen LogP contribution in [0.15, 0.2) is 0 Å². The predicted molar refractivity (Wildman–Crippen MR) is 55.2 cm³/mol. The van der Waals surface area contributed by atoms with Crippen molar-refractivity contribution >= 4 is 0 Å². The summed E-state index contributed by atoms with van der Waals surface area (Å²) in [5.74, 6) is 0. The van der Waals surface area contributed by atoms with Gasteiger partial charge in [0.2, 0.25) is 0 Å². The molecule has 1 aliphatic rings. The number of aliphatic hydroxyl groups excluding tert-OH is 1. The molecule has 1 rings (SSSR count). The molecule has 1 saturated heterocycles. The van der Waals surface area contributed by atoms with Gasteiger partial charge in [-0.2, -0.15) is 13.2 Å². The Morgan fingerprint density at radius 1 is 1.31 bits per heavy atom. The van der Waals surface area contributed by atoms with Gasteiger partial charge in [-0.3, -0.25) is 4.90 Å².